The Morgan fingerprint density at radius 1 is 0.525 bits per heavy atom. The first-order valence-electron chi connectivity index (χ1n) is 19.8. The Morgan fingerprint density at radius 2 is 1.05 bits per heavy atom. The fourth-order valence-electron chi connectivity index (χ4n) is 7.46. The molecule has 0 unspecified atom stereocenters. The van der Waals surface area contributed by atoms with Crippen LogP contribution in [0.1, 0.15) is 50.7 Å². The van der Waals surface area contributed by atoms with Crippen LogP contribution in [0.25, 0.3) is 44.8 Å². The maximum absolute atomic E-state index is 10.2. The average molecular weight is 946 g/mol. The Balaban J connectivity index is 0.000000196. The average Bonchev–Trinajstić information content (AvgIpc) is 3.67. The zero-order chi connectivity index (χ0) is 40.0. The molecular weight excluding hydrogens is 901 g/mol. The van der Waals surface area contributed by atoms with Crippen LogP contribution in [0.3, 0.4) is 0 Å². The summed E-state index contributed by atoms with van der Waals surface area (Å²) in [6.45, 7) is 11.1. The van der Waals surface area contributed by atoms with Gasteiger partial charge in [0, 0.05) is 35.2 Å². The monoisotopic (exact) mass is 946 g/mol. The van der Waals surface area contributed by atoms with Gasteiger partial charge >= 0.3 is 20.1 Å². The number of aromatic nitrogens is 2. The van der Waals surface area contributed by atoms with E-state index < -0.39 is 0 Å². The Kier molecular flexibility index (Phi) is 12.8. The molecule has 1 aliphatic rings. The number of rotatable bonds is 8. The summed E-state index contributed by atoms with van der Waals surface area (Å²) in [5.74, 6) is 0.983. The number of benzene rings is 6. The molecule has 292 valence electrons. The third-order valence-corrected chi connectivity index (χ3v) is 10.3. The molecule has 59 heavy (non-hydrogen) atoms. The number of anilines is 4. The Hall–Kier alpha value is -6.33. The third-order valence-electron chi connectivity index (χ3n) is 10.3. The predicted molar refractivity (Wildman–Crippen MR) is 239 cm³/mol. The normalized spacial score (nSPS) is 11.8. The zero-order valence-corrected chi connectivity index (χ0v) is 35.9. The molecule has 0 atom stereocenters. The predicted octanol–water partition coefficient (Wildman–Crippen LogP) is 13.8. The van der Waals surface area contributed by atoms with Crippen molar-refractivity contribution < 1.29 is 25.2 Å². The van der Waals surface area contributed by atoms with Gasteiger partial charge in [-0.2, -0.15) is 30.3 Å². The van der Waals surface area contributed by atoms with Crippen LogP contribution >= 0.6 is 0 Å². The van der Waals surface area contributed by atoms with Gasteiger partial charge in [0.05, 0.1) is 5.69 Å². The summed E-state index contributed by atoms with van der Waals surface area (Å²) < 4.78 is 0. The van der Waals surface area contributed by atoms with E-state index in [1.807, 2.05) is 121 Å². The minimum atomic E-state index is 0. The molecule has 0 amide bonds. The zero-order valence-electron chi connectivity index (χ0n) is 33.5. The minimum absolute atomic E-state index is 0. The van der Waals surface area contributed by atoms with E-state index in [0.717, 1.165) is 45.3 Å². The van der Waals surface area contributed by atoms with E-state index in [1.165, 1.54) is 33.4 Å². The van der Waals surface area contributed by atoms with Crippen LogP contribution in [0.4, 0.5) is 22.7 Å². The molecule has 2 aromatic heterocycles. The molecule has 0 aliphatic carbocycles. The summed E-state index contributed by atoms with van der Waals surface area (Å²) in [5.41, 5.74) is 15.3. The van der Waals surface area contributed by atoms with E-state index in [1.54, 1.807) is 6.07 Å². The standard InChI is InChI=1S/C34H31N2.C19H14N2O.Ir/c1-23(2)30-21-26(25-12-6-5-7-13-25)22-31(24(3)4)34(30)29-19-27(32-14-8-10-16-35-32)18-28(20-29)33-15-9-11-17-36-33;22-19-13-7-6-12-18(19)21-14-20(15-8-2-1-3-9-15)16-10-4-5-11-17(16)21;/h5-17,19-24H,1-4H3;1-8,10-14,22H;/q-1;-2;+3. The number of fused-ring (bicyclic) bond motifs is 1. The second kappa shape index (κ2) is 18.5. The minimum Gasteiger partial charge on any atom is -0.506 e. The van der Waals surface area contributed by atoms with E-state index in [0.29, 0.717) is 11.8 Å². The van der Waals surface area contributed by atoms with Gasteiger partial charge in [0.15, 0.2) is 0 Å². The summed E-state index contributed by atoms with van der Waals surface area (Å²) in [5, 5.41) is 10.2. The van der Waals surface area contributed by atoms with Crippen LogP contribution in [-0.2, 0) is 20.1 Å². The van der Waals surface area contributed by atoms with Crippen LogP contribution in [0.5, 0.6) is 5.75 Å². The molecule has 0 bridgehead atoms. The first kappa shape index (κ1) is 40.9. The summed E-state index contributed by atoms with van der Waals surface area (Å²) >= 11 is 0. The van der Waals surface area contributed by atoms with Gasteiger partial charge < -0.3 is 14.9 Å². The molecule has 1 N–H and O–H groups in total. The summed E-state index contributed by atoms with van der Waals surface area (Å²) in [6.07, 6.45) is 3.67. The molecule has 3 heterocycles. The van der Waals surface area contributed by atoms with Crippen LogP contribution in [-0.4, -0.2) is 15.1 Å². The maximum atomic E-state index is 10.2. The van der Waals surface area contributed by atoms with Crippen molar-refractivity contribution in [2.75, 3.05) is 9.80 Å². The van der Waals surface area contributed by atoms with Crippen LogP contribution < -0.4 is 9.80 Å². The number of phenolic OH excluding ortho intramolecular Hbond substituents is 1. The van der Waals surface area contributed by atoms with Crippen molar-refractivity contribution >= 4 is 22.7 Å². The molecule has 8 aromatic rings. The van der Waals surface area contributed by atoms with E-state index in [9.17, 15) is 5.11 Å². The molecule has 0 spiro atoms. The molecule has 0 saturated heterocycles. The van der Waals surface area contributed by atoms with Crippen molar-refractivity contribution in [1.82, 2.24) is 9.97 Å². The van der Waals surface area contributed by atoms with Crippen molar-refractivity contribution in [3.05, 3.63) is 206 Å². The second-order valence-electron chi connectivity index (χ2n) is 14.9. The number of hydrogen-bond donors (Lipinski definition) is 1. The van der Waals surface area contributed by atoms with Gasteiger partial charge in [0.2, 0.25) is 0 Å². The topological polar surface area (TPSA) is 52.5 Å². The number of aromatic hydroxyl groups is 1. The number of hydrogen-bond acceptors (Lipinski definition) is 5. The molecule has 9 rings (SSSR count). The van der Waals surface area contributed by atoms with E-state index in [-0.39, 0.29) is 25.9 Å². The molecule has 5 nitrogen and oxygen atoms in total. The van der Waals surface area contributed by atoms with E-state index in [4.69, 9.17) is 0 Å². The Morgan fingerprint density at radius 3 is 1.58 bits per heavy atom. The maximum Gasteiger partial charge on any atom is 3.00 e. The van der Waals surface area contributed by atoms with Gasteiger partial charge in [-0.25, -0.2) is 0 Å². The first-order chi connectivity index (χ1) is 28.4. The van der Waals surface area contributed by atoms with E-state index >= 15 is 0 Å². The summed E-state index contributed by atoms with van der Waals surface area (Å²) in [7, 11) is 0. The van der Waals surface area contributed by atoms with Crippen LogP contribution in [0.2, 0.25) is 0 Å². The van der Waals surface area contributed by atoms with Gasteiger partial charge in [-0.3, -0.25) is 9.97 Å². The number of para-hydroxylation sites is 5. The molecule has 6 aromatic carbocycles. The number of nitrogens with zero attached hydrogens (tertiary/aromatic N) is 4. The Labute approximate surface area is 362 Å². The van der Waals surface area contributed by atoms with Crippen molar-refractivity contribution in [3.63, 3.8) is 0 Å². The number of pyridine rings is 2. The van der Waals surface area contributed by atoms with Gasteiger partial charge in [0.25, 0.3) is 0 Å². The smallest absolute Gasteiger partial charge is 0.506 e. The largest absolute Gasteiger partial charge is 3.00 e. The SMILES string of the molecule is CC(C)c1cc(-c2ccccc2)cc(C(C)C)c1-c1cc(-c2ccccn2)[c-]c(-c2ccccn2)c1.Oc1ccccc1N1[CH-]N(c2[c-]cccc2)c2ccccc21.[Ir+3]. The van der Waals surface area contributed by atoms with Gasteiger partial charge in [-0.05, 0) is 76.1 Å². The summed E-state index contributed by atoms with van der Waals surface area (Å²) in [4.78, 5) is 13.3. The Bertz CT molecular complexity index is 2530. The van der Waals surface area contributed by atoms with Crippen LogP contribution in [0, 0.1) is 18.8 Å². The third kappa shape index (κ3) is 8.90. The van der Waals surface area contributed by atoms with Crippen molar-refractivity contribution in [1.29, 1.82) is 0 Å². The quantitative estimate of drug-likeness (QED) is 0.154. The molecule has 0 fully saturated rings. The van der Waals surface area contributed by atoms with E-state index in [2.05, 4.69) is 115 Å². The molecule has 1 aliphatic heterocycles. The van der Waals surface area contributed by atoms with Crippen molar-refractivity contribution in [2.45, 2.75) is 39.5 Å². The van der Waals surface area contributed by atoms with Gasteiger partial charge in [-0.15, -0.1) is 30.6 Å². The molecule has 6 heteroatoms. The summed E-state index contributed by atoms with van der Waals surface area (Å²) in [6, 6.07) is 62.1. The van der Waals surface area contributed by atoms with Crippen molar-refractivity contribution in [3.8, 4) is 50.5 Å². The fourth-order valence-corrected chi connectivity index (χ4v) is 7.46. The van der Waals surface area contributed by atoms with Crippen molar-refractivity contribution in [2.24, 2.45) is 0 Å². The van der Waals surface area contributed by atoms with Crippen LogP contribution in [0.15, 0.2) is 176 Å². The molecular formula is C53H45IrN4O. The second-order valence-corrected chi connectivity index (χ2v) is 14.9. The van der Waals surface area contributed by atoms with Gasteiger partial charge in [0.1, 0.15) is 5.75 Å². The molecule has 0 saturated carbocycles. The molecule has 0 radical (unpaired) electrons. The number of phenols is 1. The first-order valence-corrected chi connectivity index (χ1v) is 19.8. The fraction of sp³-hybridized carbons (Fsp3) is 0.113. The van der Waals surface area contributed by atoms with Gasteiger partial charge in [-0.1, -0.05) is 135 Å².